The summed E-state index contributed by atoms with van der Waals surface area (Å²) < 4.78 is 4.04. The second-order valence-corrected chi connectivity index (χ2v) is 6.81. The Morgan fingerprint density at radius 1 is 1.12 bits per heavy atom. The molecule has 0 saturated heterocycles. The maximum atomic E-state index is 4.54. The zero-order valence-electron chi connectivity index (χ0n) is 13.5. The van der Waals surface area contributed by atoms with E-state index in [-0.39, 0.29) is 0 Å². The van der Waals surface area contributed by atoms with Gasteiger partial charge < -0.3 is 0 Å². The first-order valence-corrected chi connectivity index (χ1v) is 8.93. The van der Waals surface area contributed by atoms with E-state index in [2.05, 4.69) is 55.8 Å². The van der Waals surface area contributed by atoms with Gasteiger partial charge in [0.25, 0.3) is 0 Å². The van der Waals surface area contributed by atoms with Crippen LogP contribution in [0.2, 0.25) is 0 Å². The number of fused-ring (bicyclic) bond motifs is 4. The summed E-state index contributed by atoms with van der Waals surface area (Å²) in [7, 11) is 0. The van der Waals surface area contributed by atoms with Gasteiger partial charge in [0.05, 0.1) is 11.2 Å². The van der Waals surface area contributed by atoms with Crippen LogP contribution in [0.1, 0.15) is 11.3 Å². The minimum atomic E-state index is 0.713. The average Bonchev–Trinajstić information content (AvgIpc) is 3.23. The lowest BCUT2D eigenvalue weighted by Crippen LogP contribution is -1.93. The molecule has 0 N–H and O–H groups in total. The number of aromatic nitrogens is 6. The summed E-state index contributed by atoms with van der Waals surface area (Å²) in [6.45, 7) is 2.10. The van der Waals surface area contributed by atoms with E-state index in [0.29, 0.717) is 11.5 Å². The van der Waals surface area contributed by atoms with Crippen LogP contribution in [0, 0.1) is 6.92 Å². The molecule has 0 unspecified atom stereocenters. The molecule has 0 saturated carbocycles. The van der Waals surface area contributed by atoms with Crippen LogP contribution in [-0.2, 0) is 5.75 Å². The van der Waals surface area contributed by atoms with Gasteiger partial charge in [-0.3, -0.25) is 8.80 Å². The highest BCUT2D eigenvalue weighted by atomic mass is 32.2. The summed E-state index contributed by atoms with van der Waals surface area (Å²) in [5.41, 5.74) is 4.17. The maximum Gasteiger partial charge on any atom is 0.233 e. The SMILES string of the molecule is Cc1cc2nnc(SCc3cn4cccnc4n3)n2c2ccccc12. The van der Waals surface area contributed by atoms with Crippen molar-refractivity contribution in [2.45, 2.75) is 17.8 Å². The third-order valence-electron chi connectivity index (χ3n) is 4.21. The highest BCUT2D eigenvalue weighted by Crippen LogP contribution is 2.27. The first kappa shape index (κ1) is 14.4. The molecule has 0 aliphatic carbocycles. The molecule has 4 heterocycles. The molecular weight excluding hydrogens is 332 g/mol. The molecule has 0 aliphatic rings. The largest absolute Gasteiger partial charge is 0.291 e. The number of rotatable bonds is 3. The Bertz CT molecular complexity index is 1190. The molecule has 0 fully saturated rings. The minimum Gasteiger partial charge on any atom is -0.291 e. The quantitative estimate of drug-likeness (QED) is 0.468. The van der Waals surface area contributed by atoms with Crippen LogP contribution in [0.5, 0.6) is 0 Å². The Labute approximate surface area is 147 Å². The Balaban J connectivity index is 1.55. The Kier molecular flexibility index (Phi) is 3.21. The lowest BCUT2D eigenvalue weighted by Gasteiger charge is -2.06. The fraction of sp³-hybridized carbons (Fsp3) is 0.111. The van der Waals surface area contributed by atoms with Crippen LogP contribution >= 0.6 is 11.8 Å². The van der Waals surface area contributed by atoms with Gasteiger partial charge in [0.1, 0.15) is 0 Å². The zero-order valence-corrected chi connectivity index (χ0v) is 14.3. The van der Waals surface area contributed by atoms with E-state index in [1.807, 2.05) is 28.9 Å². The third kappa shape index (κ3) is 2.35. The van der Waals surface area contributed by atoms with Gasteiger partial charge in [-0.05, 0) is 30.7 Å². The van der Waals surface area contributed by atoms with Gasteiger partial charge in [-0.2, -0.15) is 0 Å². The molecule has 6 nitrogen and oxygen atoms in total. The van der Waals surface area contributed by atoms with E-state index in [9.17, 15) is 0 Å². The molecule has 0 atom stereocenters. The van der Waals surface area contributed by atoms with Crippen molar-refractivity contribution in [1.29, 1.82) is 0 Å². The Morgan fingerprint density at radius 3 is 2.96 bits per heavy atom. The van der Waals surface area contributed by atoms with Gasteiger partial charge in [0.15, 0.2) is 10.8 Å². The lowest BCUT2D eigenvalue weighted by molar-refractivity contribution is 0.939. The molecule has 0 aliphatic heterocycles. The first-order chi connectivity index (χ1) is 12.3. The van der Waals surface area contributed by atoms with Gasteiger partial charge in [0, 0.05) is 29.7 Å². The zero-order chi connectivity index (χ0) is 16.8. The molecule has 5 rings (SSSR count). The summed E-state index contributed by atoms with van der Waals surface area (Å²) in [6.07, 6.45) is 5.70. The van der Waals surface area contributed by atoms with E-state index >= 15 is 0 Å². The maximum absolute atomic E-state index is 4.54. The van der Waals surface area contributed by atoms with Gasteiger partial charge in [-0.15, -0.1) is 10.2 Å². The molecule has 0 bridgehead atoms. The van der Waals surface area contributed by atoms with Gasteiger partial charge >= 0.3 is 0 Å². The monoisotopic (exact) mass is 346 g/mol. The van der Waals surface area contributed by atoms with Crippen molar-refractivity contribution >= 4 is 34.1 Å². The smallest absolute Gasteiger partial charge is 0.233 e. The molecule has 0 spiro atoms. The number of hydrogen-bond donors (Lipinski definition) is 0. The lowest BCUT2D eigenvalue weighted by atomic mass is 10.1. The number of nitrogens with zero attached hydrogens (tertiary/aromatic N) is 6. The normalized spacial score (nSPS) is 11.7. The van der Waals surface area contributed by atoms with E-state index in [1.54, 1.807) is 18.0 Å². The van der Waals surface area contributed by atoms with Crippen LogP contribution in [-0.4, -0.2) is 29.0 Å². The molecule has 25 heavy (non-hydrogen) atoms. The minimum absolute atomic E-state index is 0.713. The molecule has 122 valence electrons. The predicted molar refractivity (Wildman–Crippen MR) is 97.8 cm³/mol. The van der Waals surface area contributed by atoms with Crippen molar-refractivity contribution in [3.63, 3.8) is 0 Å². The number of pyridine rings is 1. The highest BCUT2D eigenvalue weighted by molar-refractivity contribution is 7.98. The molecule has 0 radical (unpaired) electrons. The number of thioether (sulfide) groups is 1. The first-order valence-electron chi connectivity index (χ1n) is 7.94. The molecular formula is C18H14N6S. The summed E-state index contributed by atoms with van der Waals surface area (Å²) in [4.78, 5) is 8.80. The molecule has 0 amide bonds. The van der Waals surface area contributed by atoms with Crippen molar-refractivity contribution in [3.8, 4) is 0 Å². The number of hydrogen-bond acceptors (Lipinski definition) is 5. The molecule has 5 aromatic rings. The number of imidazole rings is 1. The van der Waals surface area contributed by atoms with Crippen molar-refractivity contribution < 1.29 is 0 Å². The standard InChI is InChI=1S/C18H14N6S/c1-12-9-16-21-22-18(24(16)15-6-3-2-5-14(12)15)25-11-13-10-23-8-4-7-19-17(23)20-13/h2-10H,11H2,1H3. The van der Waals surface area contributed by atoms with Gasteiger partial charge in [-0.25, -0.2) is 9.97 Å². The van der Waals surface area contributed by atoms with Crippen LogP contribution in [0.15, 0.2) is 60.1 Å². The van der Waals surface area contributed by atoms with Crippen LogP contribution in [0.3, 0.4) is 0 Å². The van der Waals surface area contributed by atoms with Gasteiger partial charge in [0.2, 0.25) is 5.78 Å². The predicted octanol–water partition coefficient (Wildman–Crippen LogP) is 3.53. The molecule has 7 heteroatoms. The molecule has 1 aromatic carbocycles. The van der Waals surface area contributed by atoms with Crippen molar-refractivity contribution in [3.05, 3.63) is 66.2 Å². The van der Waals surface area contributed by atoms with Crippen molar-refractivity contribution in [2.24, 2.45) is 0 Å². The second-order valence-electron chi connectivity index (χ2n) is 5.87. The van der Waals surface area contributed by atoms with Crippen molar-refractivity contribution in [1.82, 2.24) is 29.0 Å². The average molecular weight is 346 g/mol. The van der Waals surface area contributed by atoms with E-state index in [0.717, 1.165) is 22.0 Å². The highest BCUT2D eigenvalue weighted by Gasteiger charge is 2.12. The van der Waals surface area contributed by atoms with E-state index in [4.69, 9.17) is 0 Å². The fourth-order valence-corrected chi connectivity index (χ4v) is 3.89. The Hall–Kier alpha value is -2.93. The topological polar surface area (TPSA) is 60.4 Å². The molecule has 4 aromatic heterocycles. The number of para-hydroxylation sites is 1. The number of benzene rings is 1. The Morgan fingerprint density at radius 2 is 2.04 bits per heavy atom. The summed E-state index contributed by atoms with van der Waals surface area (Å²) in [5.74, 6) is 1.43. The van der Waals surface area contributed by atoms with Crippen molar-refractivity contribution in [2.75, 3.05) is 0 Å². The van der Waals surface area contributed by atoms with E-state index in [1.165, 1.54) is 10.9 Å². The summed E-state index contributed by atoms with van der Waals surface area (Å²) >= 11 is 1.63. The fourth-order valence-electron chi connectivity index (χ4n) is 3.06. The second kappa shape index (κ2) is 5.56. The van der Waals surface area contributed by atoms with Gasteiger partial charge in [-0.1, -0.05) is 30.0 Å². The number of aryl methyl sites for hydroxylation is 1. The third-order valence-corrected chi connectivity index (χ3v) is 5.17. The summed E-state index contributed by atoms with van der Waals surface area (Å²) in [5, 5.41) is 10.8. The summed E-state index contributed by atoms with van der Waals surface area (Å²) in [6, 6.07) is 12.3. The van der Waals surface area contributed by atoms with Crippen LogP contribution in [0.25, 0.3) is 22.3 Å². The van der Waals surface area contributed by atoms with Crippen LogP contribution < -0.4 is 0 Å². The van der Waals surface area contributed by atoms with E-state index < -0.39 is 0 Å². The van der Waals surface area contributed by atoms with Crippen LogP contribution in [0.4, 0.5) is 0 Å².